The highest BCUT2D eigenvalue weighted by molar-refractivity contribution is 6.06. The number of benzene rings is 2. The Morgan fingerprint density at radius 3 is 2.52 bits per heavy atom. The molecule has 1 amide bonds. The van der Waals surface area contributed by atoms with Gasteiger partial charge in [0.15, 0.2) is 0 Å². The lowest BCUT2D eigenvalue weighted by atomic mass is 9.92. The summed E-state index contributed by atoms with van der Waals surface area (Å²) in [6.07, 6.45) is 4.99. The predicted molar refractivity (Wildman–Crippen MR) is 136 cm³/mol. The van der Waals surface area contributed by atoms with Crippen molar-refractivity contribution < 1.29 is 6.22 Å². The van der Waals surface area contributed by atoms with Gasteiger partial charge in [0, 0.05) is 47.7 Å². The molecular weight excluding hydrogens is 410 g/mol. The fourth-order valence-corrected chi connectivity index (χ4v) is 3.76. The Bertz CT molecular complexity index is 1250. The number of nitrogens with one attached hydrogen (secondary N) is 3. The minimum Gasteiger partial charge on any atom is -0.361 e. The molecule has 0 unspecified atom stereocenters. The Morgan fingerprint density at radius 1 is 1.15 bits per heavy atom. The Labute approximate surface area is 196 Å². The van der Waals surface area contributed by atoms with Gasteiger partial charge >= 0.3 is 0 Å². The van der Waals surface area contributed by atoms with Gasteiger partial charge in [-0.1, -0.05) is 19.9 Å². The van der Waals surface area contributed by atoms with E-state index >= 15 is 0 Å². The molecular formula is C27H29N5O. The summed E-state index contributed by atoms with van der Waals surface area (Å²) in [5.41, 5.74) is 6.61. The van der Waals surface area contributed by atoms with E-state index in [0.29, 0.717) is 28.1 Å². The summed E-state index contributed by atoms with van der Waals surface area (Å²) in [4.78, 5) is 17.4. The summed E-state index contributed by atoms with van der Waals surface area (Å²) < 4.78 is 0. The summed E-state index contributed by atoms with van der Waals surface area (Å²) in [6.45, 7) is 7.83. The van der Waals surface area contributed by atoms with Crippen molar-refractivity contribution in [1.29, 1.82) is 10.7 Å². The van der Waals surface area contributed by atoms with Crippen LogP contribution in [0.15, 0.2) is 54.7 Å². The molecule has 168 valence electrons. The average molecular weight is 440 g/mol. The third-order valence-electron chi connectivity index (χ3n) is 5.13. The fraction of sp³-hybridized carbons (Fsp3) is 0.185. The number of aryl methyl sites for hydroxylation is 2. The normalized spacial score (nSPS) is 10.8. The van der Waals surface area contributed by atoms with Gasteiger partial charge in [0.05, 0.1) is 11.6 Å². The molecule has 3 N–H and O–H groups in total. The molecule has 0 spiro atoms. The summed E-state index contributed by atoms with van der Waals surface area (Å²) in [7, 11) is 0. The second-order valence-electron chi connectivity index (χ2n) is 8.09. The molecule has 6 heteroatoms. The number of hydrogen-bond acceptors (Lipinski definition) is 5. The van der Waals surface area contributed by atoms with Crippen LogP contribution >= 0.6 is 0 Å². The van der Waals surface area contributed by atoms with E-state index < -0.39 is 0 Å². The van der Waals surface area contributed by atoms with Crippen LogP contribution in [0, 0.1) is 30.6 Å². The third kappa shape index (κ3) is 5.72. The summed E-state index contributed by atoms with van der Waals surface area (Å²) in [5, 5.41) is 23.3. The number of aromatic nitrogens is 1. The molecule has 0 radical (unpaired) electrons. The van der Waals surface area contributed by atoms with Crippen LogP contribution in [0.2, 0.25) is 0 Å². The zero-order chi connectivity index (χ0) is 24.0. The van der Waals surface area contributed by atoms with Crippen molar-refractivity contribution in [3.05, 3.63) is 93.9 Å². The average Bonchev–Trinajstić information content (AvgIpc) is 2.78. The highest BCUT2D eigenvalue weighted by Crippen LogP contribution is 2.26. The van der Waals surface area contributed by atoms with Crippen LogP contribution in [0.4, 0.5) is 11.4 Å². The maximum atomic E-state index is 13.0. The fourth-order valence-electron chi connectivity index (χ4n) is 3.76. The van der Waals surface area contributed by atoms with E-state index in [2.05, 4.69) is 21.7 Å². The minimum atomic E-state index is -0.275. The smallest absolute Gasteiger partial charge is 0.255 e. The standard InChI is InChI=1S/C27H27N5O.H2/c1-17(2)26-22(16-29)6-5-7-24(26)27(33)32-23-9-8-21(15-28)25(14-23)30-11-10-20-12-18(3)31-19(4)13-20;/h5-15,17,28,30H,1-4H3,(H,32,33);1H/b11-10+,28-15?;. The van der Waals surface area contributed by atoms with Crippen molar-refractivity contribution >= 4 is 29.6 Å². The quantitative estimate of drug-likeness (QED) is 0.377. The molecule has 0 bridgehead atoms. The largest absolute Gasteiger partial charge is 0.361 e. The molecule has 0 aliphatic heterocycles. The molecule has 3 aromatic rings. The molecule has 0 atom stereocenters. The Morgan fingerprint density at radius 2 is 1.88 bits per heavy atom. The van der Waals surface area contributed by atoms with E-state index in [4.69, 9.17) is 5.41 Å². The molecule has 0 aliphatic carbocycles. The highest BCUT2D eigenvalue weighted by atomic mass is 16.1. The second-order valence-corrected chi connectivity index (χ2v) is 8.09. The number of hydrogen-bond donors (Lipinski definition) is 3. The van der Waals surface area contributed by atoms with Gasteiger partial charge in [-0.15, -0.1) is 0 Å². The van der Waals surface area contributed by atoms with Crippen molar-refractivity contribution in [2.75, 3.05) is 10.6 Å². The third-order valence-corrected chi connectivity index (χ3v) is 5.13. The number of nitrogens with zero attached hydrogens (tertiary/aromatic N) is 2. The molecule has 2 aromatic carbocycles. The zero-order valence-corrected chi connectivity index (χ0v) is 19.2. The van der Waals surface area contributed by atoms with Crippen LogP contribution in [0.3, 0.4) is 0 Å². The van der Waals surface area contributed by atoms with E-state index in [9.17, 15) is 10.1 Å². The number of carbonyl (C=O) groups excluding carboxylic acids is 1. The lowest BCUT2D eigenvalue weighted by Gasteiger charge is -2.15. The van der Waals surface area contributed by atoms with Crippen LogP contribution < -0.4 is 10.6 Å². The molecule has 1 heterocycles. The molecule has 0 aliphatic rings. The van der Waals surface area contributed by atoms with E-state index in [1.165, 1.54) is 6.21 Å². The highest BCUT2D eigenvalue weighted by Gasteiger charge is 2.18. The second kappa shape index (κ2) is 10.4. The van der Waals surface area contributed by atoms with Crippen LogP contribution in [0.5, 0.6) is 0 Å². The Kier molecular flexibility index (Phi) is 7.37. The minimum absolute atomic E-state index is 0. The number of nitriles is 1. The van der Waals surface area contributed by atoms with Crippen molar-refractivity contribution in [2.24, 2.45) is 0 Å². The SMILES string of the molecule is Cc1cc(/C=C/Nc2cc(NC(=O)c3cccc(C#N)c3C(C)C)ccc2C=N)cc(C)n1.[HH]. The van der Waals surface area contributed by atoms with Gasteiger partial charge in [-0.25, -0.2) is 0 Å². The van der Waals surface area contributed by atoms with Crippen molar-refractivity contribution in [3.63, 3.8) is 0 Å². The maximum absolute atomic E-state index is 13.0. The maximum Gasteiger partial charge on any atom is 0.255 e. The van der Waals surface area contributed by atoms with Gasteiger partial charge in [0.25, 0.3) is 5.91 Å². The van der Waals surface area contributed by atoms with E-state index in [1.54, 1.807) is 42.6 Å². The van der Waals surface area contributed by atoms with Gasteiger partial charge in [0.2, 0.25) is 0 Å². The van der Waals surface area contributed by atoms with E-state index in [-0.39, 0.29) is 13.3 Å². The molecule has 0 saturated heterocycles. The van der Waals surface area contributed by atoms with Gasteiger partial charge in [-0.05, 0) is 79.4 Å². The van der Waals surface area contributed by atoms with Crippen LogP contribution in [-0.2, 0) is 0 Å². The first kappa shape index (κ1) is 23.4. The molecule has 0 saturated carbocycles. The summed E-state index contributed by atoms with van der Waals surface area (Å²) in [5.74, 6) is -0.243. The van der Waals surface area contributed by atoms with Crippen LogP contribution in [0.25, 0.3) is 6.08 Å². The molecule has 1 aromatic heterocycles. The number of amides is 1. The van der Waals surface area contributed by atoms with Crippen molar-refractivity contribution in [3.8, 4) is 6.07 Å². The van der Waals surface area contributed by atoms with Gasteiger partial charge in [0.1, 0.15) is 0 Å². The number of carbonyl (C=O) groups is 1. The number of anilines is 2. The Balaban J connectivity index is 0.00000408. The summed E-state index contributed by atoms with van der Waals surface area (Å²) >= 11 is 0. The first-order chi connectivity index (χ1) is 15.8. The van der Waals surface area contributed by atoms with E-state index in [1.807, 2.05) is 45.9 Å². The van der Waals surface area contributed by atoms with Crippen molar-refractivity contribution in [1.82, 2.24) is 4.98 Å². The van der Waals surface area contributed by atoms with Gasteiger partial charge in [-0.3, -0.25) is 9.78 Å². The van der Waals surface area contributed by atoms with Crippen LogP contribution in [-0.4, -0.2) is 17.1 Å². The predicted octanol–water partition coefficient (Wildman–Crippen LogP) is 6.27. The first-order valence-corrected chi connectivity index (χ1v) is 10.7. The molecule has 0 fully saturated rings. The zero-order valence-electron chi connectivity index (χ0n) is 19.2. The van der Waals surface area contributed by atoms with Crippen LogP contribution in [0.1, 0.15) is 65.2 Å². The Hall–Kier alpha value is -4.24. The summed E-state index contributed by atoms with van der Waals surface area (Å²) in [6, 6.07) is 16.6. The topological polar surface area (TPSA) is 102 Å². The first-order valence-electron chi connectivity index (χ1n) is 10.7. The van der Waals surface area contributed by atoms with Gasteiger partial charge in [-0.2, -0.15) is 5.26 Å². The lowest BCUT2D eigenvalue weighted by molar-refractivity contribution is 0.102. The van der Waals surface area contributed by atoms with Gasteiger partial charge < -0.3 is 16.0 Å². The molecule has 3 rings (SSSR count). The molecule has 33 heavy (non-hydrogen) atoms. The lowest BCUT2D eigenvalue weighted by Crippen LogP contribution is -2.16. The monoisotopic (exact) mass is 439 g/mol. The van der Waals surface area contributed by atoms with E-state index in [0.717, 1.165) is 22.5 Å². The number of rotatable bonds is 7. The van der Waals surface area contributed by atoms with Crippen molar-refractivity contribution in [2.45, 2.75) is 33.6 Å². The molecule has 6 nitrogen and oxygen atoms in total. The number of pyridine rings is 1.